The van der Waals surface area contributed by atoms with Gasteiger partial charge in [-0.1, -0.05) is 6.07 Å². The number of benzene rings is 1. The first-order valence-corrected chi connectivity index (χ1v) is 4.58. The van der Waals surface area contributed by atoms with E-state index in [1.54, 1.807) is 31.4 Å². The topological polar surface area (TPSA) is 70.3 Å². The average molecular weight is 217 g/mol. The van der Waals surface area contributed by atoms with Gasteiger partial charge in [-0.15, -0.1) is 0 Å². The van der Waals surface area contributed by atoms with Crippen LogP contribution in [0.3, 0.4) is 0 Å². The van der Waals surface area contributed by atoms with Crippen molar-refractivity contribution in [1.29, 1.82) is 5.26 Å². The molecule has 1 aromatic carbocycles. The lowest BCUT2D eigenvalue weighted by molar-refractivity contribution is -0.132. The number of nitriles is 1. The Morgan fingerprint density at radius 1 is 1.56 bits per heavy atom. The van der Waals surface area contributed by atoms with E-state index in [2.05, 4.69) is 0 Å². The summed E-state index contributed by atoms with van der Waals surface area (Å²) >= 11 is 0. The average Bonchev–Trinajstić information content (AvgIpc) is 2.25. The second kappa shape index (κ2) is 4.99. The number of carbonyl (C=O) groups is 1. The lowest BCUT2D eigenvalue weighted by Crippen LogP contribution is -1.97. The molecule has 0 aromatic heterocycles. The Kier molecular flexibility index (Phi) is 3.67. The van der Waals surface area contributed by atoms with Crippen molar-refractivity contribution in [2.24, 2.45) is 0 Å². The second-order valence-corrected chi connectivity index (χ2v) is 3.20. The maximum absolute atomic E-state index is 10.6. The van der Waals surface area contributed by atoms with E-state index in [0.29, 0.717) is 5.56 Å². The van der Waals surface area contributed by atoms with Crippen LogP contribution in [0.15, 0.2) is 23.8 Å². The van der Waals surface area contributed by atoms with Crippen LogP contribution in [-0.4, -0.2) is 18.2 Å². The standard InChI is InChI=1S/C12H11NO3/c1-8-5-9(3-4-11(8)16-2)6-10(7-13)12(14)15/h3-6H,1-2H3,(H,14,15). The third-order valence-corrected chi connectivity index (χ3v) is 2.08. The van der Waals surface area contributed by atoms with Gasteiger partial charge < -0.3 is 9.84 Å². The molecule has 0 saturated carbocycles. The van der Waals surface area contributed by atoms with Crippen molar-refractivity contribution in [2.45, 2.75) is 6.92 Å². The number of nitrogens with zero attached hydrogens (tertiary/aromatic N) is 1. The summed E-state index contributed by atoms with van der Waals surface area (Å²) in [5.41, 5.74) is 1.26. The zero-order chi connectivity index (χ0) is 12.1. The Hall–Kier alpha value is -2.28. The number of carboxylic acids is 1. The molecule has 16 heavy (non-hydrogen) atoms. The van der Waals surface area contributed by atoms with E-state index in [4.69, 9.17) is 15.1 Å². The molecule has 1 rings (SSSR count). The van der Waals surface area contributed by atoms with Crippen LogP contribution in [0.1, 0.15) is 11.1 Å². The highest BCUT2D eigenvalue weighted by molar-refractivity contribution is 5.96. The van der Waals surface area contributed by atoms with Crippen molar-refractivity contribution in [3.63, 3.8) is 0 Å². The van der Waals surface area contributed by atoms with Crippen LogP contribution in [0.25, 0.3) is 6.08 Å². The molecule has 82 valence electrons. The highest BCUT2D eigenvalue weighted by atomic mass is 16.5. The van der Waals surface area contributed by atoms with Crippen LogP contribution in [-0.2, 0) is 4.79 Å². The lowest BCUT2D eigenvalue weighted by atomic mass is 10.1. The van der Waals surface area contributed by atoms with E-state index in [1.165, 1.54) is 6.08 Å². The predicted molar refractivity (Wildman–Crippen MR) is 59.0 cm³/mol. The van der Waals surface area contributed by atoms with Crippen molar-refractivity contribution < 1.29 is 14.6 Å². The molecule has 1 N–H and O–H groups in total. The maximum atomic E-state index is 10.6. The van der Waals surface area contributed by atoms with Crippen LogP contribution < -0.4 is 4.74 Å². The van der Waals surface area contributed by atoms with Crippen molar-refractivity contribution in [2.75, 3.05) is 7.11 Å². The number of hydrogen-bond acceptors (Lipinski definition) is 3. The smallest absolute Gasteiger partial charge is 0.346 e. The van der Waals surface area contributed by atoms with Gasteiger partial charge in [0.15, 0.2) is 0 Å². The SMILES string of the molecule is COc1ccc(C=C(C#N)C(=O)O)cc1C. The molecule has 0 spiro atoms. The molecule has 0 atom stereocenters. The van der Waals surface area contributed by atoms with Crippen LogP contribution in [0.4, 0.5) is 0 Å². The largest absolute Gasteiger partial charge is 0.496 e. The fourth-order valence-corrected chi connectivity index (χ4v) is 1.30. The molecule has 0 radical (unpaired) electrons. The van der Waals surface area contributed by atoms with Crippen molar-refractivity contribution in [3.05, 3.63) is 34.9 Å². The highest BCUT2D eigenvalue weighted by Gasteiger charge is 2.06. The van der Waals surface area contributed by atoms with Gasteiger partial charge >= 0.3 is 5.97 Å². The van der Waals surface area contributed by atoms with Crippen LogP contribution >= 0.6 is 0 Å². The van der Waals surface area contributed by atoms with E-state index < -0.39 is 5.97 Å². The number of hydrogen-bond donors (Lipinski definition) is 1. The molecule has 4 nitrogen and oxygen atoms in total. The number of carboxylic acid groups (broad SMARTS) is 1. The van der Waals surface area contributed by atoms with Crippen molar-refractivity contribution in [1.82, 2.24) is 0 Å². The molecule has 0 aliphatic heterocycles. The van der Waals surface area contributed by atoms with Gasteiger partial charge in [0, 0.05) is 0 Å². The molecule has 0 aliphatic carbocycles. The molecule has 0 heterocycles. The van der Waals surface area contributed by atoms with Gasteiger partial charge in [0.2, 0.25) is 0 Å². The third-order valence-electron chi connectivity index (χ3n) is 2.08. The van der Waals surface area contributed by atoms with Crippen LogP contribution in [0, 0.1) is 18.3 Å². The van der Waals surface area contributed by atoms with E-state index in [9.17, 15) is 4.79 Å². The van der Waals surface area contributed by atoms with Crippen molar-refractivity contribution in [3.8, 4) is 11.8 Å². The number of aryl methyl sites for hydroxylation is 1. The fourth-order valence-electron chi connectivity index (χ4n) is 1.30. The van der Waals surface area contributed by atoms with Gasteiger partial charge in [0.1, 0.15) is 17.4 Å². The van der Waals surface area contributed by atoms with Gasteiger partial charge in [0.05, 0.1) is 7.11 Å². The minimum Gasteiger partial charge on any atom is -0.496 e. The Balaban J connectivity index is 3.12. The maximum Gasteiger partial charge on any atom is 0.346 e. The molecule has 0 bridgehead atoms. The minimum atomic E-state index is -1.23. The second-order valence-electron chi connectivity index (χ2n) is 3.20. The fraction of sp³-hybridized carbons (Fsp3) is 0.167. The summed E-state index contributed by atoms with van der Waals surface area (Å²) in [5, 5.41) is 17.3. The van der Waals surface area contributed by atoms with Gasteiger partial charge in [-0.2, -0.15) is 5.26 Å². The lowest BCUT2D eigenvalue weighted by Gasteiger charge is -2.04. The summed E-state index contributed by atoms with van der Waals surface area (Å²) in [6, 6.07) is 6.83. The van der Waals surface area contributed by atoms with Gasteiger partial charge in [0.25, 0.3) is 0 Å². The molecular weight excluding hydrogens is 206 g/mol. The third kappa shape index (κ3) is 2.61. The van der Waals surface area contributed by atoms with Crippen LogP contribution in [0.2, 0.25) is 0 Å². The quantitative estimate of drug-likeness (QED) is 0.621. The first-order valence-electron chi connectivity index (χ1n) is 4.58. The molecule has 1 aromatic rings. The van der Waals surface area contributed by atoms with E-state index in [-0.39, 0.29) is 5.57 Å². The minimum absolute atomic E-state index is 0.287. The van der Waals surface area contributed by atoms with Crippen molar-refractivity contribution >= 4 is 12.0 Å². The number of methoxy groups -OCH3 is 1. The Morgan fingerprint density at radius 3 is 2.69 bits per heavy atom. The van der Waals surface area contributed by atoms with E-state index in [1.807, 2.05) is 6.92 Å². The Labute approximate surface area is 93.4 Å². The summed E-state index contributed by atoms with van der Waals surface area (Å²) in [6.45, 7) is 1.85. The summed E-state index contributed by atoms with van der Waals surface area (Å²) in [7, 11) is 1.57. The van der Waals surface area contributed by atoms with Gasteiger partial charge in [-0.05, 0) is 36.3 Å². The summed E-state index contributed by atoms with van der Waals surface area (Å²) in [4.78, 5) is 10.6. The molecule has 4 heteroatoms. The first kappa shape index (κ1) is 11.8. The highest BCUT2D eigenvalue weighted by Crippen LogP contribution is 2.19. The Bertz CT molecular complexity index is 484. The zero-order valence-corrected chi connectivity index (χ0v) is 9.02. The van der Waals surface area contributed by atoms with Gasteiger partial charge in [-0.25, -0.2) is 4.79 Å². The summed E-state index contributed by atoms with van der Waals surface area (Å²) in [6.07, 6.45) is 1.33. The first-order chi connectivity index (χ1) is 7.58. The molecule has 0 aliphatic rings. The number of rotatable bonds is 3. The number of aliphatic carboxylic acids is 1. The van der Waals surface area contributed by atoms with E-state index in [0.717, 1.165) is 11.3 Å². The molecule has 0 saturated heterocycles. The van der Waals surface area contributed by atoms with Crippen LogP contribution in [0.5, 0.6) is 5.75 Å². The molecule has 0 unspecified atom stereocenters. The monoisotopic (exact) mass is 217 g/mol. The van der Waals surface area contributed by atoms with E-state index >= 15 is 0 Å². The zero-order valence-electron chi connectivity index (χ0n) is 9.02. The predicted octanol–water partition coefficient (Wildman–Crippen LogP) is 2.00. The summed E-state index contributed by atoms with van der Waals surface area (Å²) < 4.78 is 5.08. The Morgan fingerprint density at radius 2 is 2.25 bits per heavy atom. The van der Waals surface area contributed by atoms with Gasteiger partial charge in [-0.3, -0.25) is 0 Å². The summed E-state index contributed by atoms with van der Waals surface area (Å²) in [5.74, 6) is -0.498. The molecule has 0 amide bonds. The normalized spacial score (nSPS) is 10.7. The number of ether oxygens (including phenoxy) is 1. The molecule has 0 fully saturated rings. The molecular formula is C12H11NO3.